The van der Waals surface area contributed by atoms with Crippen molar-refractivity contribution in [3.05, 3.63) is 17.5 Å². The van der Waals surface area contributed by atoms with Crippen LogP contribution in [0.15, 0.2) is 10.6 Å². The predicted octanol–water partition coefficient (Wildman–Crippen LogP) is 2.68. The van der Waals surface area contributed by atoms with Crippen LogP contribution in [-0.4, -0.2) is 5.16 Å². The fourth-order valence-electron chi connectivity index (χ4n) is 1.14. The van der Waals surface area contributed by atoms with Gasteiger partial charge in [0.1, 0.15) is 5.76 Å². The SMILES string of the molecule is CC(C)c1cc(C2CC2)on1. The van der Waals surface area contributed by atoms with E-state index in [1.165, 1.54) is 12.8 Å². The molecule has 0 radical (unpaired) electrons. The van der Waals surface area contributed by atoms with Crippen molar-refractivity contribution in [3.8, 4) is 0 Å². The molecule has 11 heavy (non-hydrogen) atoms. The van der Waals surface area contributed by atoms with Gasteiger partial charge in [-0.2, -0.15) is 0 Å². The molecule has 1 aliphatic rings. The monoisotopic (exact) mass is 151 g/mol. The molecule has 1 aliphatic carbocycles. The Morgan fingerprint density at radius 2 is 2.27 bits per heavy atom. The Hall–Kier alpha value is -0.790. The van der Waals surface area contributed by atoms with Gasteiger partial charge in [-0.1, -0.05) is 19.0 Å². The van der Waals surface area contributed by atoms with E-state index < -0.39 is 0 Å². The summed E-state index contributed by atoms with van der Waals surface area (Å²) >= 11 is 0. The molecule has 1 saturated carbocycles. The van der Waals surface area contributed by atoms with E-state index >= 15 is 0 Å². The maximum absolute atomic E-state index is 5.20. The van der Waals surface area contributed by atoms with Gasteiger partial charge in [0.25, 0.3) is 0 Å². The first-order chi connectivity index (χ1) is 5.27. The Bertz CT molecular complexity index is 231. The summed E-state index contributed by atoms with van der Waals surface area (Å²) in [6.45, 7) is 4.27. The zero-order chi connectivity index (χ0) is 7.84. The molecule has 0 amide bonds. The third-order valence-electron chi connectivity index (χ3n) is 2.12. The summed E-state index contributed by atoms with van der Waals surface area (Å²) < 4.78 is 5.20. The largest absolute Gasteiger partial charge is 0.361 e. The van der Waals surface area contributed by atoms with E-state index in [-0.39, 0.29) is 0 Å². The third-order valence-corrected chi connectivity index (χ3v) is 2.12. The van der Waals surface area contributed by atoms with Crippen LogP contribution in [-0.2, 0) is 0 Å². The second kappa shape index (κ2) is 2.36. The highest BCUT2D eigenvalue weighted by Crippen LogP contribution is 2.40. The fourth-order valence-corrected chi connectivity index (χ4v) is 1.14. The van der Waals surface area contributed by atoms with Crippen LogP contribution in [0, 0.1) is 0 Å². The molecule has 2 rings (SSSR count). The van der Waals surface area contributed by atoms with Crippen LogP contribution in [0.4, 0.5) is 0 Å². The minimum Gasteiger partial charge on any atom is -0.361 e. The molecule has 0 N–H and O–H groups in total. The molecule has 0 bridgehead atoms. The van der Waals surface area contributed by atoms with Gasteiger partial charge in [0.05, 0.1) is 5.69 Å². The van der Waals surface area contributed by atoms with Gasteiger partial charge >= 0.3 is 0 Å². The summed E-state index contributed by atoms with van der Waals surface area (Å²) in [7, 11) is 0. The van der Waals surface area contributed by atoms with Crippen LogP contribution < -0.4 is 0 Å². The highest BCUT2D eigenvalue weighted by molar-refractivity contribution is 5.16. The smallest absolute Gasteiger partial charge is 0.140 e. The third kappa shape index (κ3) is 1.30. The van der Waals surface area contributed by atoms with Crippen molar-refractivity contribution < 1.29 is 4.52 Å². The van der Waals surface area contributed by atoms with Crippen LogP contribution in [0.1, 0.15) is 50.0 Å². The van der Waals surface area contributed by atoms with Gasteiger partial charge in [-0.3, -0.25) is 0 Å². The first kappa shape index (κ1) is 6.89. The van der Waals surface area contributed by atoms with Crippen LogP contribution in [0.5, 0.6) is 0 Å². The lowest BCUT2D eigenvalue weighted by Crippen LogP contribution is -1.84. The molecule has 0 saturated heterocycles. The Balaban J connectivity index is 2.18. The maximum Gasteiger partial charge on any atom is 0.140 e. The van der Waals surface area contributed by atoms with E-state index in [0.29, 0.717) is 11.8 Å². The van der Waals surface area contributed by atoms with Crippen molar-refractivity contribution in [2.24, 2.45) is 0 Å². The molecule has 2 nitrogen and oxygen atoms in total. The first-order valence-corrected chi connectivity index (χ1v) is 4.24. The molecule has 60 valence electrons. The van der Waals surface area contributed by atoms with Gasteiger partial charge < -0.3 is 4.52 Å². The Morgan fingerprint density at radius 1 is 1.55 bits per heavy atom. The second-order valence-corrected chi connectivity index (χ2v) is 3.58. The standard InChI is InChI=1S/C9H13NO/c1-6(2)8-5-9(11-10-8)7-3-4-7/h5-7H,3-4H2,1-2H3. The zero-order valence-electron chi connectivity index (χ0n) is 7.00. The van der Waals surface area contributed by atoms with E-state index in [2.05, 4.69) is 25.1 Å². The van der Waals surface area contributed by atoms with Crippen molar-refractivity contribution in [3.63, 3.8) is 0 Å². The Labute approximate surface area is 66.6 Å². The summed E-state index contributed by atoms with van der Waals surface area (Å²) in [5, 5.41) is 4.00. The van der Waals surface area contributed by atoms with E-state index in [0.717, 1.165) is 11.5 Å². The lowest BCUT2D eigenvalue weighted by Gasteiger charge is -1.93. The molecule has 0 aliphatic heterocycles. The predicted molar refractivity (Wildman–Crippen MR) is 42.6 cm³/mol. The number of aromatic nitrogens is 1. The second-order valence-electron chi connectivity index (χ2n) is 3.58. The fraction of sp³-hybridized carbons (Fsp3) is 0.667. The topological polar surface area (TPSA) is 26.0 Å². The van der Waals surface area contributed by atoms with Crippen LogP contribution in [0.2, 0.25) is 0 Å². The average molecular weight is 151 g/mol. The normalized spacial score (nSPS) is 17.7. The van der Waals surface area contributed by atoms with Crippen molar-refractivity contribution in [1.29, 1.82) is 0 Å². The van der Waals surface area contributed by atoms with Gasteiger partial charge in [0, 0.05) is 12.0 Å². The van der Waals surface area contributed by atoms with Crippen molar-refractivity contribution in [2.45, 2.75) is 38.5 Å². The van der Waals surface area contributed by atoms with Crippen LogP contribution >= 0.6 is 0 Å². The van der Waals surface area contributed by atoms with E-state index in [9.17, 15) is 0 Å². The van der Waals surface area contributed by atoms with Crippen LogP contribution in [0.3, 0.4) is 0 Å². The molecular weight excluding hydrogens is 138 g/mol. The average Bonchev–Trinajstić information content (AvgIpc) is 2.68. The minimum absolute atomic E-state index is 0.492. The quantitative estimate of drug-likeness (QED) is 0.649. The van der Waals surface area contributed by atoms with Gasteiger partial charge in [-0.25, -0.2) is 0 Å². The van der Waals surface area contributed by atoms with E-state index in [1.54, 1.807) is 0 Å². The summed E-state index contributed by atoms with van der Waals surface area (Å²) in [6, 6.07) is 2.10. The number of rotatable bonds is 2. The Morgan fingerprint density at radius 3 is 2.73 bits per heavy atom. The number of hydrogen-bond donors (Lipinski definition) is 0. The molecule has 1 aromatic rings. The Kier molecular flexibility index (Phi) is 1.48. The summed E-state index contributed by atoms with van der Waals surface area (Å²) in [5.41, 5.74) is 1.09. The van der Waals surface area contributed by atoms with Crippen molar-refractivity contribution >= 4 is 0 Å². The molecule has 1 aromatic heterocycles. The first-order valence-electron chi connectivity index (χ1n) is 4.24. The van der Waals surface area contributed by atoms with Gasteiger partial charge in [0.15, 0.2) is 0 Å². The molecule has 0 spiro atoms. The van der Waals surface area contributed by atoms with E-state index in [1.807, 2.05) is 0 Å². The number of nitrogens with zero attached hydrogens (tertiary/aromatic N) is 1. The highest BCUT2D eigenvalue weighted by atomic mass is 16.5. The summed E-state index contributed by atoms with van der Waals surface area (Å²) in [5.74, 6) is 2.27. The van der Waals surface area contributed by atoms with Gasteiger partial charge in [-0.15, -0.1) is 0 Å². The molecule has 0 atom stereocenters. The summed E-state index contributed by atoms with van der Waals surface area (Å²) in [6.07, 6.45) is 2.57. The lowest BCUT2D eigenvalue weighted by molar-refractivity contribution is 0.376. The molecule has 0 aromatic carbocycles. The zero-order valence-corrected chi connectivity index (χ0v) is 7.00. The maximum atomic E-state index is 5.20. The highest BCUT2D eigenvalue weighted by Gasteiger charge is 2.27. The molecule has 2 heteroatoms. The molecular formula is C9H13NO. The van der Waals surface area contributed by atoms with Gasteiger partial charge in [0.2, 0.25) is 0 Å². The van der Waals surface area contributed by atoms with Crippen molar-refractivity contribution in [2.75, 3.05) is 0 Å². The molecule has 1 heterocycles. The van der Waals surface area contributed by atoms with Crippen LogP contribution in [0.25, 0.3) is 0 Å². The lowest BCUT2D eigenvalue weighted by atomic mass is 10.1. The van der Waals surface area contributed by atoms with Crippen molar-refractivity contribution in [1.82, 2.24) is 5.16 Å². The number of hydrogen-bond acceptors (Lipinski definition) is 2. The van der Waals surface area contributed by atoms with E-state index in [4.69, 9.17) is 4.52 Å². The molecule has 1 fully saturated rings. The van der Waals surface area contributed by atoms with Gasteiger partial charge in [-0.05, 0) is 18.8 Å². The minimum atomic E-state index is 0.492. The summed E-state index contributed by atoms with van der Waals surface area (Å²) in [4.78, 5) is 0. The molecule has 0 unspecified atom stereocenters.